The number of carbonyl (C=O) groups is 1. The minimum atomic E-state index is -2.37. The summed E-state index contributed by atoms with van der Waals surface area (Å²) in [4.78, 5) is 12.9. The minimum Gasteiger partial charge on any atom is -0.636 e. The van der Waals surface area contributed by atoms with Crippen LogP contribution < -0.4 is 18.9 Å². The van der Waals surface area contributed by atoms with Crippen LogP contribution in [0.1, 0.15) is 38.8 Å². The van der Waals surface area contributed by atoms with E-state index in [9.17, 15) is 4.79 Å². The third-order valence-corrected chi connectivity index (χ3v) is 5.59. The van der Waals surface area contributed by atoms with Crippen LogP contribution in [0.15, 0.2) is 60.7 Å². The van der Waals surface area contributed by atoms with Crippen molar-refractivity contribution in [3.05, 3.63) is 71.8 Å². The Bertz CT molecular complexity index is 875. The first-order valence-electron chi connectivity index (χ1n) is 8.88. The molecule has 1 fully saturated rings. The van der Waals surface area contributed by atoms with Gasteiger partial charge < -0.3 is 14.0 Å². The molecular formula is C21H22BLiO4. The van der Waals surface area contributed by atoms with Crippen LogP contribution >= 0.6 is 0 Å². The molecule has 1 spiro atoms. The molecule has 27 heavy (non-hydrogen) atoms. The van der Waals surface area contributed by atoms with Crippen molar-refractivity contribution in [3.8, 4) is 0 Å². The van der Waals surface area contributed by atoms with Crippen molar-refractivity contribution in [2.45, 2.75) is 38.9 Å². The summed E-state index contributed by atoms with van der Waals surface area (Å²) in [5, 5.41) is 0. The predicted molar refractivity (Wildman–Crippen MR) is 102 cm³/mol. The molecule has 1 saturated heterocycles. The average Bonchev–Trinajstić information content (AvgIpc) is 2.96. The Morgan fingerprint density at radius 1 is 0.741 bits per heavy atom. The number of benzene rings is 2. The van der Waals surface area contributed by atoms with Crippen molar-refractivity contribution in [3.63, 3.8) is 0 Å². The SMILES string of the molecule is CC1(C)O[B-]2(OC(=O)C(c3ccccc3)=C2c2ccccc2)OC1(C)C.[Li+]. The molecule has 0 unspecified atom stereocenters. The van der Waals surface area contributed by atoms with E-state index in [1.54, 1.807) is 0 Å². The molecule has 2 heterocycles. The molecular weight excluding hydrogens is 334 g/mol. The van der Waals surface area contributed by atoms with Crippen LogP contribution in [0, 0.1) is 0 Å². The molecule has 4 nitrogen and oxygen atoms in total. The number of hydrogen-bond acceptors (Lipinski definition) is 4. The van der Waals surface area contributed by atoms with Crippen molar-refractivity contribution in [2.75, 3.05) is 0 Å². The van der Waals surface area contributed by atoms with Crippen LogP contribution in [-0.2, 0) is 18.8 Å². The summed E-state index contributed by atoms with van der Waals surface area (Å²) in [6, 6.07) is 19.2. The summed E-state index contributed by atoms with van der Waals surface area (Å²) in [6.45, 7) is 5.46. The van der Waals surface area contributed by atoms with Crippen LogP contribution in [0.25, 0.3) is 11.0 Å². The first-order valence-corrected chi connectivity index (χ1v) is 8.88. The van der Waals surface area contributed by atoms with Gasteiger partial charge in [-0.25, -0.2) is 0 Å². The molecule has 0 aliphatic carbocycles. The zero-order chi connectivity index (χ0) is 18.6. The van der Waals surface area contributed by atoms with Gasteiger partial charge in [-0.1, -0.05) is 71.7 Å². The maximum Gasteiger partial charge on any atom is 1.00 e. The molecule has 4 rings (SSSR count). The molecule has 6 heteroatoms. The number of rotatable bonds is 2. The van der Waals surface area contributed by atoms with Crippen molar-refractivity contribution >= 4 is 23.8 Å². The topological polar surface area (TPSA) is 44.8 Å². The van der Waals surface area contributed by atoms with E-state index in [0.29, 0.717) is 11.0 Å². The monoisotopic (exact) mass is 356 g/mol. The second kappa shape index (κ2) is 6.68. The molecule has 0 N–H and O–H groups in total. The zero-order valence-corrected chi connectivity index (χ0v) is 16.5. The third kappa shape index (κ3) is 3.09. The molecule has 0 atom stereocenters. The molecule has 2 aliphatic heterocycles. The second-order valence-corrected chi connectivity index (χ2v) is 7.82. The van der Waals surface area contributed by atoms with Crippen LogP contribution in [0.3, 0.4) is 0 Å². The first kappa shape index (κ1) is 20.0. The van der Waals surface area contributed by atoms with E-state index in [0.717, 1.165) is 11.1 Å². The van der Waals surface area contributed by atoms with Crippen LogP contribution in [-0.4, -0.2) is 23.9 Å². The van der Waals surface area contributed by atoms with Gasteiger partial charge in [-0.3, -0.25) is 4.79 Å². The van der Waals surface area contributed by atoms with Crippen LogP contribution in [0.5, 0.6) is 0 Å². The van der Waals surface area contributed by atoms with Gasteiger partial charge in [-0.2, -0.15) is 0 Å². The largest absolute Gasteiger partial charge is 1.00 e. The van der Waals surface area contributed by atoms with Gasteiger partial charge in [0, 0.05) is 16.8 Å². The second-order valence-electron chi connectivity index (χ2n) is 7.82. The van der Waals surface area contributed by atoms with Gasteiger partial charge in [-0.05, 0) is 33.3 Å². The molecule has 0 radical (unpaired) electrons. The summed E-state index contributed by atoms with van der Waals surface area (Å²) < 4.78 is 18.5. The van der Waals surface area contributed by atoms with Crippen LogP contribution in [0.2, 0.25) is 0 Å². The third-order valence-electron chi connectivity index (χ3n) is 5.59. The maximum absolute atomic E-state index is 12.9. The summed E-state index contributed by atoms with van der Waals surface area (Å²) in [5.74, 6) is -0.413. The minimum absolute atomic E-state index is 0. The quantitative estimate of drug-likeness (QED) is 0.760. The smallest absolute Gasteiger partial charge is 0.636 e. The fourth-order valence-electron chi connectivity index (χ4n) is 3.64. The van der Waals surface area contributed by atoms with Gasteiger partial charge in [0.2, 0.25) is 0 Å². The Hall–Kier alpha value is -1.77. The molecule has 2 aliphatic rings. The zero-order valence-electron chi connectivity index (χ0n) is 16.5. The Morgan fingerprint density at radius 2 is 1.19 bits per heavy atom. The van der Waals surface area contributed by atoms with E-state index in [2.05, 4.69) is 0 Å². The molecule has 0 saturated carbocycles. The summed E-state index contributed by atoms with van der Waals surface area (Å²) >= 11 is 0. The van der Waals surface area contributed by atoms with E-state index < -0.39 is 23.9 Å². The molecule has 0 amide bonds. The Kier molecular flexibility index (Phi) is 4.95. The van der Waals surface area contributed by atoms with Crippen molar-refractivity contribution in [2.24, 2.45) is 0 Å². The summed E-state index contributed by atoms with van der Waals surface area (Å²) in [5.41, 5.74) is 1.63. The number of carbonyl (C=O) groups excluding carboxylic acids is 1. The number of hydrogen-bond donors (Lipinski definition) is 0. The van der Waals surface area contributed by atoms with E-state index in [-0.39, 0.29) is 18.9 Å². The molecule has 2 aromatic rings. The Balaban J connectivity index is 0.00000210. The first-order chi connectivity index (χ1) is 12.3. The standard InChI is InChI=1S/C21H22BO4.Li/c1-20(2)21(3,4)26-22(25-20)18(16-13-9-6-10-14-16)17(19(23)24-22)15-11-7-5-8-12-15;/h5-14H,1-4H3;/q-1;+1. The fourth-order valence-corrected chi connectivity index (χ4v) is 3.64. The van der Waals surface area contributed by atoms with Crippen molar-refractivity contribution in [1.29, 1.82) is 0 Å². The van der Waals surface area contributed by atoms with Gasteiger partial charge in [0.15, 0.2) is 0 Å². The Labute approximate surface area is 172 Å². The van der Waals surface area contributed by atoms with Crippen molar-refractivity contribution < 1.29 is 37.6 Å². The molecule has 0 aromatic heterocycles. The van der Waals surface area contributed by atoms with E-state index >= 15 is 0 Å². The average molecular weight is 356 g/mol. The summed E-state index contributed by atoms with van der Waals surface area (Å²) in [7, 11) is 0. The van der Waals surface area contributed by atoms with Gasteiger partial charge in [0.1, 0.15) is 0 Å². The summed E-state index contributed by atoms with van der Waals surface area (Å²) in [6.07, 6.45) is 0. The van der Waals surface area contributed by atoms with Gasteiger partial charge in [0.05, 0.1) is 0 Å². The van der Waals surface area contributed by atoms with Gasteiger partial charge in [0.25, 0.3) is 5.97 Å². The normalized spacial score (nSPS) is 21.9. The molecule has 134 valence electrons. The van der Waals surface area contributed by atoms with E-state index in [1.807, 2.05) is 88.4 Å². The van der Waals surface area contributed by atoms with E-state index in [4.69, 9.17) is 14.0 Å². The van der Waals surface area contributed by atoms with Crippen molar-refractivity contribution in [1.82, 2.24) is 0 Å². The van der Waals surface area contributed by atoms with Gasteiger partial charge >= 0.3 is 25.6 Å². The molecule has 2 aromatic carbocycles. The fraction of sp³-hybridized carbons (Fsp3) is 0.286. The Morgan fingerprint density at radius 3 is 1.67 bits per heavy atom. The predicted octanol–water partition coefficient (Wildman–Crippen LogP) is 1.24. The maximum atomic E-state index is 12.9. The van der Waals surface area contributed by atoms with E-state index in [1.165, 1.54) is 0 Å². The molecule has 0 bridgehead atoms. The van der Waals surface area contributed by atoms with Crippen LogP contribution in [0.4, 0.5) is 0 Å². The van der Waals surface area contributed by atoms with Gasteiger partial charge in [-0.15, -0.1) is 0 Å².